The minimum Gasteiger partial charge on any atom is -0.316 e. The Bertz CT molecular complexity index is 193. The summed E-state index contributed by atoms with van der Waals surface area (Å²) in [6.45, 7) is 13.1. The zero-order valence-corrected chi connectivity index (χ0v) is 10.3. The van der Waals surface area contributed by atoms with Gasteiger partial charge in [-0.3, -0.25) is 0 Å². The van der Waals surface area contributed by atoms with Crippen molar-refractivity contribution >= 4 is 0 Å². The molecule has 14 heavy (non-hydrogen) atoms. The largest absolute Gasteiger partial charge is 0.316 e. The predicted octanol–water partition coefficient (Wildman–Crippen LogP) is 2.95. The standard InChI is InChI=1S/C12H24N2/c1-11(2,3)9-14-10-12(4,5)7-6-8-13/h14H,6-7,9-10H2,1-5H3. The van der Waals surface area contributed by atoms with Gasteiger partial charge in [0.05, 0.1) is 6.07 Å². The SMILES string of the molecule is CC(C)(C)CNCC(C)(C)CCC#N. The second-order valence-corrected chi connectivity index (χ2v) is 5.99. The molecule has 2 nitrogen and oxygen atoms in total. The molecule has 0 aliphatic rings. The second-order valence-electron chi connectivity index (χ2n) is 5.99. The van der Waals surface area contributed by atoms with Crippen molar-refractivity contribution < 1.29 is 0 Å². The van der Waals surface area contributed by atoms with E-state index < -0.39 is 0 Å². The van der Waals surface area contributed by atoms with Crippen molar-refractivity contribution in [3.8, 4) is 6.07 Å². The van der Waals surface area contributed by atoms with Crippen molar-refractivity contribution in [2.75, 3.05) is 13.1 Å². The molecule has 0 aliphatic carbocycles. The zero-order chi connectivity index (χ0) is 11.2. The molecule has 0 heterocycles. The second kappa shape index (κ2) is 5.36. The van der Waals surface area contributed by atoms with E-state index in [1.165, 1.54) is 0 Å². The lowest BCUT2D eigenvalue weighted by Gasteiger charge is -2.27. The Hall–Kier alpha value is -0.550. The molecule has 1 N–H and O–H groups in total. The molecule has 82 valence electrons. The molecule has 0 fully saturated rings. The fourth-order valence-corrected chi connectivity index (χ4v) is 1.26. The molecule has 0 unspecified atom stereocenters. The van der Waals surface area contributed by atoms with Crippen LogP contribution in [-0.4, -0.2) is 13.1 Å². The van der Waals surface area contributed by atoms with Crippen molar-refractivity contribution in [3.05, 3.63) is 0 Å². The first-order valence-corrected chi connectivity index (χ1v) is 5.34. The van der Waals surface area contributed by atoms with Crippen LogP contribution in [0.2, 0.25) is 0 Å². The number of nitrogens with one attached hydrogen (secondary N) is 1. The van der Waals surface area contributed by atoms with Gasteiger partial charge in [-0.05, 0) is 17.3 Å². The van der Waals surface area contributed by atoms with Gasteiger partial charge in [-0.2, -0.15) is 5.26 Å². The highest BCUT2D eigenvalue weighted by molar-refractivity contribution is 4.79. The average Bonchev–Trinajstić information content (AvgIpc) is 1.98. The van der Waals surface area contributed by atoms with Gasteiger partial charge < -0.3 is 5.32 Å². The molecule has 0 amide bonds. The van der Waals surface area contributed by atoms with Gasteiger partial charge in [-0.25, -0.2) is 0 Å². The Labute approximate surface area is 88.7 Å². The molecule has 0 atom stereocenters. The van der Waals surface area contributed by atoms with Crippen molar-refractivity contribution in [3.63, 3.8) is 0 Å². The smallest absolute Gasteiger partial charge is 0.0621 e. The Morgan fingerprint density at radius 2 is 1.64 bits per heavy atom. The summed E-state index contributed by atoms with van der Waals surface area (Å²) in [7, 11) is 0. The summed E-state index contributed by atoms with van der Waals surface area (Å²) in [6.07, 6.45) is 1.63. The topological polar surface area (TPSA) is 35.8 Å². The van der Waals surface area contributed by atoms with Crippen LogP contribution in [0, 0.1) is 22.2 Å². The molecule has 0 aromatic heterocycles. The normalized spacial score (nSPS) is 12.6. The molecule has 0 bridgehead atoms. The number of nitrogens with zero attached hydrogens (tertiary/aromatic N) is 1. The van der Waals surface area contributed by atoms with E-state index >= 15 is 0 Å². The van der Waals surface area contributed by atoms with Crippen molar-refractivity contribution in [1.29, 1.82) is 5.26 Å². The third-order valence-electron chi connectivity index (χ3n) is 2.17. The molecular formula is C12H24N2. The lowest BCUT2D eigenvalue weighted by atomic mass is 9.87. The maximum Gasteiger partial charge on any atom is 0.0621 e. The van der Waals surface area contributed by atoms with Crippen LogP contribution >= 0.6 is 0 Å². The van der Waals surface area contributed by atoms with Gasteiger partial charge in [-0.1, -0.05) is 34.6 Å². The molecule has 0 saturated heterocycles. The summed E-state index contributed by atoms with van der Waals surface area (Å²) < 4.78 is 0. The highest BCUT2D eigenvalue weighted by Crippen LogP contribution is 2.21. The summed E-state index contributed by atoms with van der Waals surface area (Å²) >= 11 is 0. The van der Waals surface area contributed by atoms with Crippen LogP contribution < -0.4 is 5.32 Å². The number of rotatable bonds is 5. The quantitative estimate of drug-likeness (QED) is 0.734. The highest BCUT2D eigenvalue weighted by Gasteiger charge is 2.18. The summed E-state index contributed by atoms with van der Waals surface area (Å²) in [4.78, 5) is 0. The van der Waals surface area contributed by atoms with Crippen LogP contribution in [0.3, 0.4) is 0 Å². The summed E-state index contributed by atoms with van der Waals surface area (Å²) in [5, 5.41) is 12.0. The molecule has 0 rings (SSSR count). The van der Waals surface area contributed by atoms with Crippen LogP contribution in [-0.2, 0) is 0 Å². The summed E-state index contributed by atoms with van der Waals surface area (Å²) in [5.41, 5.74) is 0.576. The molecule has 0 aliphatic heterocycles. The van der Waals surface area contributed by atoms with Crippen molar-refractivity contribution in [2.24, 2.45) is 10.8 Å². The van der Waals surface area contributed by atoms with Crippen LogP contribution in [0.15, 0.2) is 0 Å². The van der Waals surface area contributed by atoms with E-state index in [0.717, 1.165) is 19.5 Å². The third-order valence-corrected chi connectivity index (χ3v) is 2.17. The maximum absolute atomic E-state index is 8.51. The predicted molar refractivity (Wildman–Crippen MR) is 61.0 cm³/mol. The first-order valence-electron chi connectivity index (χ1n) is 5.34. The first-order chi connectivity index (χ1) is 6.27. The molecular weight excluding hydrogens is 172 g/mol. The number of nitriles is 1. The minimum absolute atomic E-state index is 0.237. The molecule has 0 aromatic rings. The first kappa shape index (κ1) is 13.4. The average molecular weight is 196 g/mol. The molecule has 0 saturated carbocycles. The van der Waals surface area contributed by atoms with Crippen LogP contribution in [0.1, 0.15) is 47.5 Å². The van der Waals surface area contributed by atoms with Gasteiger partial charge in [0.1, 0.15) is 0 Å². The fourth-order valence-electron chi connectivity index (χ4n) is 1.26. The molecule has 2 heteroatoms. The van der Waals surface area contributed by atoms with Crippen molar-refractivity contribution in [2.45, 2.75) is 47.5 Å². The van der Waals surface area contributed by atoms with Gasteiger partial charge in [0, 0.05) is 19.5 Å². The molecule has 0 spiro atoms. The van der Waals surface area contributed by atoms with Crippen LogP contribution in [0.4, 0.5) is 0 Å². The number of hydrogen-bond donors (Lipinski definition) is 1. The van der Waals surface area contributed by atoms with Gasteiger partial charge in [-0.15, -0.1) is 0 Å². The fraction of sp³-hybridized carbons (Fsp3) is 0.917. The Kier molecular flexibility index (Phi) is 5.15. The van der Waals surface area contributed by atoms with Crippen molar-refractivity contribution in [1.82, 2.24) is 5.32 Å². The van der Waals surface area contributed by atoms with E-state index in [0.29, 0.717) is 11.8 Å². The summed E-state index contributed by atoms with van der Waals surface area (Å²) in [6, 6.07) is 2.20. The number of hydrogen-bond acceptors (Lipinski definition) is 2. The zero-order valence-electron chi connectivity index (χ0n) is 10.3. The monoisotopic (exact) mass is 196 g/mol. The van der Waals surface area contributed by atoms with E-state index in [-0.39, 0.29) is 5.41 Å². The molecule has 0 aromatic carbocycles. The Morgan fingerprint density at radius 1 is 1.07 bits per heavy atom. The lowest BCUT2D eigenvalue weighted by molar-refractivity contribution is 0.287. The Balaban J connectivity index is 3.72. The maximum atomic E-state index is 8.51. The van der Waals surface area contributed by atoms with E-state index in [9.17, 15) is 0 Å². The Morgan fingerprint density at radius 3 is 2.07 bits per heavy atom. The van der Waals surface area contributed by atoms with Gasteiger partial charge >= 0.3 is 0 Å². The third kappa shape index (κ3) is 8.07. The van der Waals surface area contributed by atoms with Crippen LogP contribution in [0.25, 0.3) is 0 Å². The van der Waals surface area contributed by atoms with Crippen LogP contribution in [0.5, 0.6) is 0 Å². The van der Waals surface area contributed by atoms with E-state index in [2.05, 4.69) is 46.0 Å². The van der Waals surface area contributed by atoms with E-state index in [1.54, 1.807) is 0 Å². The summed E-state index contributed by atoms with van der Waals surface area (Å²) in [5.74, 6) is 0. The highest BCUT2D eigenvalue weighted by atomic mass is 14.9. The molecule has 0 radical (unpaired) electrons. The van der Waals surface area contributed by atoms with E-state index in [4.69, 9.17) is 5.26 Å². The van der Waals surface area contributed by atoms with Gasteiger partial charge in [0.2, 0.25) is 0 Å². The van der Waals surface area contributed by atoms with Gasteiger partial charge in [0.15, 0.2) is 0 Å². The van der Waals surface area contributed by atoms with E-state index in [1.807, 2.05) is 0 Å². The van der Waals surface area contributed by atoms with Gasteiger partial charge in [0.25, 0.3) is 0 Å². The lowest BCUT2D eigenvalue weighted by Crippen LogP contribution is -2.34. The minimum atomic E-state index is 0.237.